The maximum atomic E-state index is 11.8. The normalized spacial score (nSPS) is 15.4. The smallest absolute Gasteiger partial charge is 0.258 e. The van der Waals surface area contributed by atoms with Crippen molar-refractivity contribution in [3.05, 3.63) is 29.8 Å². The first kappa shape index (κ1) is 17.8. The van der Waals surface area contributed by atoms with Crippen LogP contribution in [0.3, 0.4) is 0 Å². The third-order valence-corrected chi connectivity index (χ3v) is 3.60. The average Bonchev–Trinajstić information content (AvgIpc) is 2.46. The molecule has 1 aliphatic heterocycles. The van der Waals surface area contributed by atoms with E-state index in [4.69, 9.17) is 4.74 Å². The van der Waals surface area contributed by atoms with Crippen LogP contribution in [-0.2, 0) is 4.79 Å². The highest BCUT2D eigenvalue weighted by Gasteiger charge is 2.15. The minimum Gasteiger partial charge on any atom is -0.484 e. The van der Waals surface area contributed by atoms with Crippen LogP contribution in [0.1, 0.15) is 38.2 Å². The molecule has 2 N–H and O–H groups in total. The number of carbonyl (C=O) groups is 1. The van der Waals surface area contributed by atoms with Crippen LogP contribution in [0, 0.1) is 0 Å². The van der Waals surface area contributed by atoms with Crippen molar-refractivity contribution in [1.82, 2.24) is 10.6 Å². The Labute approximate surface area is 133 Å². The third kappa shape index (κ3) is 5.94. The first-order chi connectivity index (χ1) is 9.65. The molecule has 1 heterocycles. The van der Waals surface area contributed by atoms with Gasteiger partial charge in [0.2, 0.25) is 0 Å². The highest BCUT2D eigenvalue weighted by atomic mass is 35.5. The van der Waals surface area contributed by atoms with Crippen LogP contribution in [0.4, 0.5) is 0 Å². The van der Waals surface area contributed by atoms with Crippen LogP contribution in [0.25, 0.3) is 0 Å². The van der Waals surface area contributed by atoms with Crippen molar-refractivity contribution in [3.8, 4) is 5.75 Å². The van der Waals surface area contributed by atoms with Crippen LogP contribution in [-0.4, -0.2) is 31.6 Å². The summed E-state index contributed by atoms with van der Waals surface area (Å²) in [5.41, 5.74) is 1.22. The number of nitrogens with one attached hydrogen (secondary N) is 2. The largest absolute Gasteiger partial charge is 0.484 e. The van der Waals surface area contributed by atoms with E-state index in [0.717, 1.165) is 31.7 Å². The second-order valence-electron chi connectivity index (χ2n) is 5.61. The van der Waals surface area contributed by atoms with Gasteiger partial charge in [-0.05, 0) is 49.5 Å². The quantitative estimate of drug-likeness (QED) is 0.878. The van der Waals surface area contributed by atoms with Crippen LogP contribution >= 0.6 is 12.4 Å². The lowest BCUT2D eigenvalue weighted by molar-refractivity contribution is -0.123. The van der Waals surface area contributed by atoms with Gasteiger partial charge in [-0.25, -0.2) is 0 Å². The Morgan fingerprint density at radius 2 is 2.10 bits per heavy atom. The van der Waals surface area contributed by atoms with Gasteiger partial charge in [0.05, 0.1) is 0 Å². The van der Waals surface area contributed by atoms with Crippen molar-refractivity contribution in [2.24, 2.45) is 0 Å². The molecule has 0 aromatic heterocycles. The van der Waals surface area contributed by atoms with Crippen LogP contribution in [0.5, 0.6) is 5.75 Å². The van der Waals surface area contributed by atoms with E-state index in [0.29, 0.717) is 5.92 Å². The highest BCUT2D eigenvalue weighted by Crippen LogP contribution is 2.19. The number of halogens is 1. The van der Waals surface area contributed by atoms with Gasteiger partial charge in [0.25, 0.3) is 5.91 Å². The second-order valence-corrected chi connectivity index (χ2v) is 5.61. The van der Waals surface area contributed by atoms with Gasteiger partial charge >= 0.3 is 0 Å². The monoisotopic (exact) mass is 312 g/mol. The molecule has 0 atom stereocenters. The number of piperidine rings is 1. The SMILES string of the molecule is CC(C)c1cccc(OCC(=O)NC2CCNCC2)c1.Cl. The second kappa shape index (κ2) is 8.90. The van der Waals surface area contributed by atoms with Gasteiger partial charge in [0.15, 0.2) is 6.61 Å². The molecule has 4 nitrogen and oxygen atoms in total. The van der Waals surface area contributed by atoms with E-state index in [9.17, 15) is 4.79 Å². The van der Waals surface area contributed by atoms with Crippen molar-refractivity contribution in [2.75, 3.05) is 19.7 Å². The van der Waals surface area contributed by atoms with E-state index >= 15 is 0 Å². The average molecular weight is 313 g/mol. The molecule has 2 rings (SSSR count). The summed E-state index contributed by atoms with van der Waals surface area (Å²) in [5, 5.41) is 6.30. The van der Waals surface area contributed by atoms with Crippen LogP contribution in [0.2, 0.25) is 0 Å². The molecule has 1 fully saturated rings. The number of hydrogen-bond acceptors (Lipinski definition) is 3. The fraction of sp³-hybridized carbons (Fsp3) is 0.562. The summed E-state index contributed by atoms with van der Waals surface area (Å²) in [5.74, 6) is 1.19. The summed E-state index contributed by atoms with van der Waals surface area (Å²) in [4.78, 5) is 11.8. The van der Waals surface area contributed by atoms with Crippen molar-refractivity contribution in [3.63, 3.8) is 0 Å². The van der Waals surface area contributed by atoms with Gasteiger partial charge in [-0.1, -0.05) is 26.0 Å². The molecule has 0 spiro atoms. The Morgan fingerprint density at radius 3 is 2.76 bits per heavy atom. The predicted octanol–water partition coefficient (Wildman–Crippen LogP) is 2.48. The lowest BCUT2D eigenvalue weighted by Crippen LogP contribution is -2.44. The minimum absolute atomic E-state index is 0. The minimum atomic E-state index is -0.0353. The molecule has 0 radical (unpaired) electrons. The van der Waals surface area contributed by atoms with E-state index in [1.807, 2.05) is 18.2 Å². The molecule has 1 aliphatic rings. The molecule has 21 heavy (non-hydrogen) atoms. The first-order valence-electron chi connectivity index (χ1n) is 7.38. The van der Waals surface area contributed by atoms with Crippen molar-refractivity contribution in [1.29, 1.82) is 0 Å². The standard InChI is InChI=1S/C16H24N2O2.ClH/c1-12(2)13-4-3-5-15(10-13)20-11-16(19)18-14-6-8-17-9-7-14;/h3-5,10,12,14,17H,6-9,11H2,1-2H3,(H,18,19);1H. The van der Waals surface area contributed by atoms with Gasteiger partial charge < -0.3 is 15.4 Å². The molecule has 1 saturated heterocycles. The van der Waals surface area contributed by atoms with Crippen LogP contribution < -0.4 is 15.4 Å². The summed E-state index contributed by atoms with van der Waals surface area (Å²) >= 11 is 0. The lowest BCUT2D eigenvalue weighted by atomic mass is 10.0. The van der Waals surface area contributed by atoms with Gasteiger partial charge in [-0.3, -0.25) is 4.79 Å². The van der Waals surface area contributed by atoms with Gasteiger partial charge in [0.1, 0.15) is 5.75 Å². The Kier molecular flexibility index (Phi) is 7.54. The van der Waals surface area contributed by atoms with Gasteiger partial charge in [-0.15, -0.1) is 12.4 Å². The first-order valence-corrected chi connectivity index (χ1v) is 7.38. The molecule has 0 saturated carbocycles. The molecule has 0 bridgehead atoms. The molecular formula is C16H25ClN2O2. The van der Waals surface area contributed by atoms with E-state index in [1.54, 1.807) is 0 Å². The van der Waals surface area contributed by atoms with Crippen molar-refractivity contribution >= 4 is 18.3 Å². The van der Waals surface area contributed by atoms with E-state index < -0.39 is 0 Å². The summed E-state index contributed by atoms with van der Waals surface area (Å²) in [6.07, 6.45) is 1.99. The maximum Gasteiger partial charge on any atom is 0.258 e. The van der Waals surface area contributed by atoms with E-state index in [1.165, 1.54) is 5.56 Å². The predicted molar refractivity (Wildman–Crippen MR) is 87.3 cm³/mol. The number of ether oxygens (including phenoxy) is 1. The zero-order chi connectivity index (χ0) is 14.4. The zero-order valence-corrected chi connectivity index (χ0v) is 13.5. The Bertz CT molecular complexity index is 446. The number of amides is 1. The van der Waals surface area contributed by atoms with Crippen LogP contribution in [0.15, 0.2) is 24.3 Å². The topological polar surface area (TPSA) is 50.4 Å². The number of rotatable bonds is 5. The molecule has 0 aliphatic carbocycles. The molecule has 5 heteroatoms. The third-order valence-electron chi connectivity index (χ3n) is 3.60. The molecule has 0 unspecified atom stereocenters. The van der Waals surface area contributed by atoms with E-state index in [-0.39, 0.29) is 31.0 Å². The maximum absolute atomic E-state index is 11.8. The summed E-state index contributed by atoms with van der Waals surface area (Å²) in [6, 6.07) is 8.23. The molecule has 1 amide bonds. The molecule has 1 aromatic carbocycles. The highest BCUT2D eigenvalue weighted by molar-refractivity contribution is 5.85. The van der Waals surface area contributed by atoms with Crippen molar-refractivity contribution in [2.45, 2.75) is 38.6 Å². The number of carbonyl (C=O) groups excluding carboxylic acids is 1. The Morgan fingerprint density at radius 1 is 1.38 bits per heavy atom. The number of benzene rings is 1. The summed E-state index contributed by atoms with van der Waals surface area (Å²) < 4.78 is 5.57. The summed E-state index contributed by atoms with van der Waals surface area (Å²) in [7, 11) is 0. The lowest BCUT2D eigenvalue weighted by Gasteiger charge is -2.23. The molecule has 118 valence electrons. The number of hydrogen-bond donors (Lipinski definition) is 2. The summed E-state index contributed by atoms with van der Waals surface area (Å²) in [6.45, 7) is 6.32. The Balaban J connectivity index is 0.00000220. The van der Waals surface area contributed by atoms with Gasteiger partial charge in [-0.2, -0.15) is 0 Å². The van der Waals surface area contributed by atoms with Gasteiger partial charge in [0, 0.05) is 6.04 Å². The Hall–Kier alpha value is -1.26. The van der Waals surface area contributed by atoms with Crippen molar-refractivity contribution < 1.29 is 9.53 Å². The molecule has 1 aromatic rings. The molecular weight excluding hydrogens is 288 g/mol. The van der Waals surface area contributed by atoms with E-state index in [2.05, 4.69) is 30.5 Å². The fourth-order valence-electron chi connectivity index (χ4n) is 2.35. The fourth-order valence-corrected chi connectivity index (χ4v) is 2.35. The zero-order valence-electron chi connectivity index (χ0n) is 12.7.